The number of aromatic carboxylic acids is 1. The molecule has 2 N–H and O–H groups in total. The highest BCUT2D eigenvalue weighted by molar-refractivity contribution is 8.06. The number of thioether (sulfide) groups is 2. The fourth-order valence-electron chi connectivity index (χ4n) is 1.71. The van der Waals surface area contributed by atoms with Crippen molar-refractivity contribution in [1.29, 1.82) is 0 Å². The maximum atomic E-state index is 11.8. The van der Waals surface area contributed by atoms with Gasteiger partial charge in [-0.25, -0.2) is 4.79 Å². The van der Waals surface area contributed by atoms with E-state index in [0.717, 1.165) is 16.4 Å². The smallest absolute Gasteiger partial charge is 0.345 e. The zero-order chi connectivity index (χ0) is 13.7. The van der Waals surface area contributed by atoms with Crippen molar-refractivity contribution in [2.45, 2.75) is 18.2 Å². The van der Waals surface area contributed by atoms with Gasteiger partial charge in [0.2, 0.25) is 5.91 Å². The molecular weight excluding hydrogens is 302 g/mol. The van der Waals surface area contributed by atoms with Crippen LogP contribution in [0.1, 0.15) is 21.0 Å². The SMILES string of the molecule is O=C(CC1CSCCS1)NCc1ccc(C(=O)O)s1. The lowest BCUT2D eigenvalue weighted by Crippen LogP contribution is -2.28. The van der Waals surface area contributed by atoms with Crippen molar-refractivity contribution in [2.75, 3.05) is 17.3 Å². The van der Waals surface area contributed by atoms with Gasteiger partial charge in [0.15, 0.2) is 0 Å². The molecule has 1 atom stereocenters. The summed E-state index contributed by atoms with van der Waals surface area (Å²) in [4.78, 5) is 23.7. The number of carboxylic acid groups (broad SMARTS) is 1. The van der Waals surface area contributed by atoms with Crippen LogP contribution in [0.2, 0.25) is 0 Å². The molecule has 7 heteroatoms. The van der Waals surface area contributed by atoms with Crippen molar-refractivity contribution in [3.05, 3.63) is 21.9 Å². The molecule has 0 aromatic carbocycles. The van der Waals surface area contributed by atoms with Crippen LogP contribution in [-0.4, -0.2) is 39.5 Å². The number of carboxylic acids is 1. The summed E-state index contributed by atoms with van der Waals surface area (Å²) in [6, 6.07) is 3.32. The largest absolute Gasteiger partial charge is 0.477 e. The highest BCUT2D eigenvalue weighted by Gasteiger charge is 2.17. The molecule has 0 bridgehead atoms. The molecular formula is C12H15NO3S3. The Morgan fingerprint density at radius 2 is 2.21 bits per heavy atom. The van der Waals surface area contributed by atoms with Crippen LogP contribution >= 0.6 is 34.9 Å². The standard InChI is InChI=1S/C12H15NO3S3/c14-11(5-9-7-17-3-4-18-9)13-6-8-1-2-10(19-8)12(15)16/h1-2,9H,3-7H2,(H,13,14)(H,15,16). The Balaban J connectivity index is 1.74. The first-order valence-electron chi connectivity index (χ1n) is 5.93. The van der Waals surface area contributed by atoms with Gasteiger partial charge >= 0.3 is 5.97 Å². The number of nitrogens with one attached hydrogen (secondary N) is 1. The van der Waals surface area contributed by atoms with Crippen molar-refractivity contribution in [2.24, 2.45) is 0 Å². The van der Waals surface area contributed by atoms with E-state index in [2.05, 4.69) is 5.32 Å². The highest BCUT2D eigenvalue weighted by Crippen LogP contribution is 2.26. The molecule has 1 saturated heterocycles. The Labute approximate surface area is 124 Å². The van der Waals surface area contributed by atoms with Gasteiger partial charge in [-0.15, -0.1) is 11.3 Å². The second kappa shape index (κ2) is 7.21. The van der Waals surface area contributed by atoms with E-state index in [0.29, 0.717) is 23.1 Å². The van der Waals surface area contributed by atoms with Crippen LogP contribution in [0, 0.1) is 0 Å². The molecule has 2 rings (SSSR count). The molecule has 0 aliphatic carbocycles. The van der Waals surface area contributed by atoms with Crippen LogP contribution in [0.5, 0.6) is 0 Å². The molecule has 1 amide bonds. The molecule has 0 spiro atoms. The summed E-state index contributed by atoms with van der Waals surface area (Å²) in [5, 5.41) is 12.1. The third-order valence-corrected chi connectivity index (χ3v) is 6.55. The molecule has 1 fully saturated rings. The molecule has 1 aliphatic rings. The van der Waals surface area contributed by atoms with E-state index in [1.807, 2.05) is 23.5 Å². The van der Waals surface area contributed by atoms with Gasteiger partial charge in [0.25, 0.3) is 0 Å². The predicted octanol–water partition coefficient (Wildman–Crippen LogP) is 2.30. The normalized spacial score (nSPS) is 19.1. The van der Waals surface area contributed by atoms with Gasteiger partial charge in [-0.1, -0.05) is 0 Å². The number of carbonyl (C=O) groups excluding carboxylic acids is 1. The van der Waals surface area contributed by atoms with Crippen LogP contribution in [0.4, 0.5) is 0 Å². The molecule has 1 aliphatic heterocycles. The molecule has 0 radical (unpaired) electrons. The fourth-order valence-corrected chi connectivity index (χ4v) is 5.17. The minimum absolute atomic E-state index is 0.0466. The Kier molecular flexibility index (Phi) is 5.59. The average molecular weight is 317 g/mol. The van der Waals surface area contributed by atoms with Crippen LogP contribution in [0.15, 0.2) is 12.1 Å². The van der Waals surface area contributed by atoms with Gasteiger partial charge < -0.3 is 10.4 Å². The summed E-state index contributed by atoms with van der Waals surface area (Å²) < 4.78 is 0. The minimum atomic E-state index is -0.918. The molecule has 1 aromatic rings. The zero-order valence-electron chi connectivity index (χ0n) is 10.3. The lowest BCUT2D eigenvalue weighted by atomic mass is 10.3. The number of hydrogen-bond acceptors (Lipinski definition) is 5. The lowest BCUT2D eigenvalue weighted by Gasteiger charge is -2.20. The first-order chi connectivity index (χ1) is 9.15. The molecule has 1 unspecified atom stereocenters. The Morgan fingerprint density at radius 3 is 2.84 bits per heavy atom. The predicted molar refractivity (Wildman–Crippen MR) is 81.3 cm³/mol. The number of amides is 1. The van der Waals surface area contributed by atoms with Crippen molar-refractivity contribution in [3.8, 4) is 0 Å². The summed E-state index contributed by atoms with van der Waals surface area (Å²) >= 11 is 4.97. The topological polar surface area (TPSA) is 66.4 Å². The van der Waals surface area contributed by atoms with Crippen LogP contribution < -0.4 is 5.32 Å². The number of hydrogen-bond donors (Lipinski definition) is 2. The Bertz CT molecular complexity index is 455. The molecule has 4 nitrogen and oxygen atoms in total. The van der Waals surface area contributed by atoms with E-state index in [4.69, 9.17) is 5.11 Å². The first-order valence-corrected chi connectivity index (χ1v) is 8.95. The Morgan fingerprint density at radius 1 is 1.37 bits per heavy atom. The van der Waals surface area contributed by atoms with E-state index in [1.54, 1.807) is 12.1 Å². The van der Waals surface area contributed by atoms with Crippen LogP contribution in [-0.2, 0) is 11.3 Å². The highest BCUT2D eigenvalue weighted by atomic mass is 32.2. The molecule has 0 saturated carbocycles. The van der Waals surface area contributed by atoms with Gasteiger partial charge in [-0.3, -0.25) is 4.79 Å². The second-order valence-corrected chi connectivity index (χ2v) is 7.85. The van der Waals surface area contributed by atoms with E-state index in [-0.39, 0.29) is 5.91 Å². The summed E-state index contributed by atoms with van der Waals surface area (Å²) in [6.07, 6.45) is 0.550. The Hall–Kier alpha value is -0.660. The molecule has 2 heterocycles. The molecule has 1 aromatic heterocycles. The minimum Gasteiger partial charge on any atom is -0.477 e. The van der Waals surface area contributed by atoms with Crippen molar-refractivity contribution >= 4 is 46.7 Å². The van der Waals surface area contributed by atoms with E-state index >= 15 is 0 Å². The van der Waals surface area contributed by atoms with Crippen LogP contribution in [0.25, 0.3) is 0 Å². The van der Waals surface area contributed by atoms with Gasteiger partial charge in [-0.2, -0.15) is 23.5 Å². The second-order valence-electron chi connectivity index (χ2n) is 4.12. The van der Waals surface area contributed by atoms with E-state index in [1.165, 1.54) is 17.1 Å². The lowest BCUT2D eigenvalue weighted by molar-refractivity contribution is -0.121. The maximum Gasteiger partial charge on any atom is 0.345 e. The molecule has 104 valence electrons. The number of carbonyl (C=O) groups is 2. The van der Waals surface area contributed by atoms with Crippen molar-refractivity contribution < 1.29 is 14.7 Å². The van der Waals surface area contributed by atoms with Crippen LogP contribution in [0.3, 0.4) is 0 Å². The van der Waals surface area contributed by atoms with Gasteiger partial charge in [0.05, 0.1) is 6.54 Å². The van der Waals surface area contributed by atoms with E-state index < -0.39 is 5.97 Å². The summed E-state index contributed by atoms with van der Waals surface area (Å²) in [5.41, 5.74) is 0. The van der Waals surface area contributed by atoms with Gasteiger partial charge in [-0.05, 0) is 12.1 Å². The zero-order valence-corrected chi connectivity index (χ0v) is 12.7. The maximum absolute atomic E-state index is 11.8. The third kappa shape index (κ3) is 4.74. The third-order valence-electron chi connectivity index (χ3n) is 2.63. The summed E-state index contributed by atoms with van der Waals surface area (Å²) in [6.45, 7) is 0.418. The summed E-state index contributed by atoms with van der Waals surface area (Å²) in [5.74, 6) is 2.47. The van der Waals surface area contributed by atoms with E-state index in [9.17, 15) is 9.59 Å². The summed E-state index contributed by atoms with van der Waals surface area (Å²) in [7, 11) is 0. The number of thiophene rings is 1. The quantitative estimate of drug-likeness (QED) is 0.872. The monoisotopic (exact) mass is 317 g/mol. The number of rotatable bonds is 5. The van der Waals surface area contributed by atoms with Gasteiger partial charge in [0, 0.05) is 33.8 Å². The van der Waals surface area contributed by atoms with Crippen molar-refractivity contribution in [1.82, 2.24) is 5.32 Å². The van der Waals surface area contributed by atoms with Crippen molar-refractivity contribution in [3.63, 3.8) is 0 Å². The average Bonchev–Trinajstić information content (AvgIpc) is 2.86. The first kappa shape index (κ1) is 14.7. The van der Waals surface area contributed by atoms with Gasteiger partial charge in [0.1, 0.15) is 4.88 Å². The molecule has 19 heavy (non-hydrogen) atoms. The fraction of sp³-hybridized carbons (Fsp3) is 0.500.